The Balaban J connectivity index is 2.02. The number of nitrogens with zero attached hydrogens (tertiary/aromatic N) is 1. The first-order valence-corrected chi connectivity index (χ1v) is 6.75. The van der Waals surface area contributed by atoms with Gasteiger partial charge in [-0.15, -0.1) is 0 Å². The van der Waals surface area contributed by atoms with Gasteiger partial charge in [0.1, 0.15) is 0 Å². The standard InChI is InChI=1S/C14H19BN2O3/c1-13(2)14(3,4)20-15(19-13)9-6-7-11-10(8-9)16-12(18)17(11)5/h6-8H,1-5H3,(H,16,18). The minimum Gasteiger partial charge on any atom is -0.399 e. The second-order valence-electron chi connectivity index (χ2n) is 6.35. The van der Waals surface area contributed by atoms with Gasteiger partial charge < -0.3 is 14.3 Å². The van der Waals surface area contributed by atoms with Gasteiger partial charge in [0, 0.05) is 7.05 Å². The Labute approximate surface area is 118 Å². The Morgan fingerprint density at radius 1 is 1.15 bits per heavy atom. The fourth-order valence-corrected chi connectivity index (χ4v) is 2.38. The number of rotatable bonds is 1. The molecule has 0 atom stereocenters. The van der Waals surface area contributed by atoms with Crippen LogP contribution in [-0.2, 0) is 16.4 Å². The molecule has 1 aliphatic heterocycles. The number of fused-ring (bicyclic) bond motifs is 1. The summed E-state index contributed by atoms with van der Waals surface area (Å²) in [6.45, 7) is 8.09. The van der Waals surface area contributed by atoms with Crippen LogP contribution in [0.5, 0.6) is 0 Å². The van der Waals surface area contributed by atoms with Crippen LogP contribution in [0.25, 0.3) is 11.0 Å². The first-order valence-electron chi connectivity index (χ1n) is 6.75. The Bertz CT molecular complexity index is 714. The van der Waals surface area contributed by atoms with Crippen LogP contribution in [0.3, 0.4) is 0 Å². The molecule has 0 saturated carbocycles. The molecule has 1 aromatic carbocycles. The fourth-order valence-electron chi connectivity index (χ4n) is 2.38. The Kier molecular flexibility index (Phi) is 2.69. The molecule has 0 spiro atoms. The van der Waals surface area contributed by atoms with Gasteiger partial charge in [-0.25, -0.2) is 4.79 Å². The summed E-state index contributed by atoms with van der Waals surface area (Å²) in [6.07, 6.45) is 0. The highest BCUT2D eigenvalue weighted by atomic mass is 16.7. The molecule has 0 aliphatic carbocycles. The number of aromatic amines is 1. The molecule has 1 N–H and O–H groups in total. The van der Waals surface area contributed by atoms with E-state index in [-0.39, 0.29) is 16.9 Å². The third kappa shape index (κ3) is 1.83. The summed E-state index contributed by atoms with van der Waals surface area (Å²) in [5, 5.41) is 0. The predicted octanol–water partition coefficient (Wildman–Crippen LogP) is 1.17. The number of imidazole rings is 1. The zero-order valence-electron chi connectivity index (χ0n) is 12.5. The SMILES string of the molecule is Cn1c(=O)[nH]c2cc(B3OC(C)(C)C(C)(C)O3)ccc21. The van der Waals surface area contributed by atoms with Crippen molar-refractivity contribution < 1.29 is 9.31 Å². The number of aromatic nitrogens is 2. The molecule has 6 heteroatoms. The summed E-state index contributed by atoms with van der Waals surface area (Å²) in [7, 11) is 1.34. The van der Waals surface area contributed by atoms with E-state index in [2.05, 4.69) is 4.98 Å². The quantitative estimate of drug-likeness (QED) is 0.794. The van der Waals surface area contributed by atoms with E-state index >= 15 is 0 Å². The third-order valence-corrected chi connectivity index (χ3v) is 4.45. The molecule has 2 heterocycles. The summed E-state index contributed by atoms with van der Waals surface area (Å²) in [5.41, 5.74) is 1.73. The molecule has 0 unspecified atom stereocenters. The molecule has 1 saturated heterocycles. The first-order chi connectivity index (χ1) is 9.21. The van der Waals surface area contributed by atoms with Crippen molar-refractivity contribution in [1.29, 1.82) is 0 Å². The minimum absolute atomic E-state index is 0.119. The lowest BCUT2D eigenvalue weighted by molar-refractivity contribution is 0.00578. The van der Waals surface area contributed by atoms with Crippen LogP contribution >= 0.6 is 0 Å². The fraction of sp³-hybridized carbons (Fsp3) is 0.500. The molecule has 1 aliphatic rings. The maximum Gasteiger partial charge on any atom is 0.494 e. The van der Waals surface area contributed by atoms with Gasteiger partial charge in [-0.2, -0.15) is 0 Å². The molecule has 106 valence electrons. The zero-order valence-corrected chi connectivity index (χ0v) is 12.5. The van der Waals surface area contributed by atoms with E-state index in [1.54, 1.807) is 11.6 Å². The molecule has 5 nitrogen and oxygen atoms in total. The lowest BCUT2D eigenvalue weighted by Crippen LogP contribution is -2.41. The van der Waals surface area contributed by atoms with Gasteiger partial charge in [0.25, 0.3) is 0 Å². The van der Waals surface area contributed by atoms with Crippen LogP contribution < -0.4 is 11.2 Å². The van der Waals surface area contributed by atoms with E-state index in [1.807, 2.05) is 45.9 Å². The maximum atomic E-state index is 11.6. The average molecular weight is 274 g/mol. The monoisotopic (exact) mass is 274 g/mol. The Morgan fingerprint density at radius 3 is 2.35 bits per heavy atom. The largest absolute Gasteiger partial charge is 0.494 e. The molecule has 3 rings (SSSR count). The van der Waals surface area contributed by atoms with Crippen LogP contribution in [0.1, 0.15) is 27.7 Å². The zero-order chi connectivity index (χ0) is 14.7. The summed E-state index contributed by atoms with van der Waals surface area (Å²) < 4.78 is 13.6. The van der Waals surface area contributed by atoms with E-state index in [0.717, 1.165) is 16.5 Å². The van der Waals surface area contributed by atoms with Gasteiger partial charge >= 0.3 is 12.8 Å². The average Bonchev–Trinajstić information content (AvgIpc) is 2.74. The molecular weight excluding hydrogens is 255 g/mol. The summed E-state index contributed by atoms with van der Waals surface area (Å²) >= 11 is 0. The van der Waals surface area contributed by atoms with Crippen molar-refractivity contribution in [2.45, 2.75) is 38.9 Å². The van der Waals surface area contributed by atoms with Crippen molar-refractivity contribution in [3.05, 3.63) is 28.7 Å². The molecule has 0 radical (unpaired) electrons. The van der Waals surface area contributed by atoms with Crippen molar-refractivity contribution in [2.75, 3.05) is 0 Å². The van der Waals surface area contributed by atoms with E-state index in [0.29, 0.717) is 0 Å². The van der Waals surface area contributed by atoms with Gasteiger partial charge in [-0.05, 0) is 45.3 Å². The van der Waals surface area contributed by atoms with Crippen molar-refractivity contribution in [1.82, 2.24) is 9.55 Å². The van der Waals surface area contributed by atoms with E-state index in [4.69, 9.17) is 9.31 Å². The highest BCUT2D eigenvalue weighted by molar-refractivity contribution is 6.62. The predicted molar refractivity (Wildman–Crippen MR) is 79.3 cm³/mol. The van der Waals surface area contributed by atoms with Gasteiger partial charge in [-0.3, -0.25) is 4.57 Å². The number of H-pyrrole nitrogens is 1. The third-order valence-electron chi connectivity index (χ3n) is 4.45. The number of aryl methyl sites for hydroxylation is 1. The van der Waals surface area contributed by atoms with Crippen molar-refractivity contribution in [3.63, 3.8) is 0 Å². The smallest absolute Gasteiger partial charge is 0.399 e. The summed E-state index contributed by atoms with van der Waals surface area (Å²) in [6, 6.07) is 5.77. The summed E-state index contributed by atoms with van der Waals surface area (Å²) in [5.74, 6) is 0. The highest BCUT2D eigenvalue weighted by Crippen LogP contribution is 2.36. The van der Waals surface area contributed by atoms with Crippen LogP contribution in [0.2, 0.25) is 0 Å². The molecule has 0 amide bonds. The molecule has 0 bridgehead atoms. The lowest BCUT2D eigenvalue weighted by Gasteiger charge is -2.32. The Morgan fingerprint density at radius 2 is 1.75 bits per heavy atom. The van der Waals surface area contributed by atoms with Gasteiger partial charge in [0.15, 0.2) is 0 Å². The number of benzene rings is 1. The van der Waals surface area contributed by atoms with E-state index < -0.39 is 7.12 Å². The van der Waals surface area contributed by atoms with Crippen LogP contribution in [0.15, 0.2) is 23.0 Å². The van der Waals surface area contributed by atoms with Gasteiger partial charge in [0.2, 0.25) is 0 Å². The van der Waals surface area contributed by atoms with Crippen molar-refractivity contribution in [3.8, 4) is 0 Å². The summed E-state index contributed by atoms with van der Waals surface area (Å²) in [4.78, 5) is 14.5. The Hall–Kier alpha value is -1.53. The topological polar surface area (TPSA) is 56.2 Å². The molecular formula is C14H19BN2O3. The van der Waals surface area contributed by atoms with Crippen molar-refractivity contribution >= 4 is 23.6 Å². The van der Waals surface area contributed by atoms with Crippen LogP contribution in [0, 0.1) is 0 Å². The van der Waals surface area contributed by atoms with E-state index in [9.17, 15) is 4.79 Å². The highest BCUT2D eigenvalue weighted by Gasteiger charge is 2.51. The van der Waals surface area contributed by atoms with E-state index in [1.165, 1.54) is 0 Å². The lowest BCUT2D eigenvalue weighted by atomic mass is 9.79. The van der Waals surface area contributed by atoms with Gasteiger partial charge in [-0.1, -0.05) is 6.07 Å². The van der Waals surface area contributed by atoms with Gasteiger partial charge in [0.05, 0.1) is 22.2 Å². The number of nitrogens with one attached hydrogen (secondary N) is 1. The molecule has 2 aromatic rings. The first kappa shape index (κ1) is 13.5. The molecule has 1 fully saturated rings. The van der Waals surface area contributed by atoms with Crippen LogP contribution in [-0.4, -0.2) is 27.9 Å². The second-order valence-corrected chi connectivity index (χ2v) is 6.35. The maximum absolute atomic E-state index is 11.6. The number of hydrogen-bond acceptors (Lipinski definition) is 3. The second kappa shape index (κ2) is 3.99. The molecule has 20 heavy (non-hydrogen) atoms. The van der Waals surface area contributed by atoms with Crippen LogP contribution in [0.4, 0.5) is 0 Å². The molecule has 1 aromatic heterocycles. The van der Waals surface area contributed by atoms with Crippen molar-refractivity contribution in [2.24, 2.45) is 7.05 Å². The minimum atomic E-state index is -0.409. The number of hydrogen-bond donors (Lipinski definition) is 1. The normalized spacial score (nSPS) is 20.8.